The molecule has 1 spiro atoms. The smallest absolute Gasteiger partial charge is 0.335 e. The number of aryl methyl sites for hydroxylation is 1. The number of carbonyl (C=O) groups is 2. The summed E-state index contributed by atoms with van der Waals surface area (Å²) in [5, 5.41) is 22.2. The Kier molecular flexibility index (Phi) is 5.37. The summed E-state index contributed by atoms with van der Waals surface area (Å²) in [7, 11) is 0. The minimum absolute atomic E-state index is 0.0197. The number of nitrogens with one attached hydrogen (secondary N) is 1. The fourth-order valence-electron chi connectivity index (χ4n) is 7.83. The van der Waals surface area contributed by atoms with Crippen LogP contribution in [-0.2, 0) is 16.9 Å². The summed E-state index contributed by atoms with van der Waals surface area (Å²) >= 11 is 6.38. The van der Waals surface area contributed by atoms with Crippen LogP contribution in [0.25, 0.3) is 11.0 Å². The number of likely N-dealkylation sites (tertiary alicyclic amines) is 1. The van der Waals surface area contributed by atoms with Gasteiger partial charge in [-0.05, 0) is 67.1 Å². The van der Waals surface area contributed by atoms with Crippen LogP contribution in [0.15, 0.2) is 54.6 Å². The molecule has 1 aromatic heterocycles. The Morgan fingerprint density at radius 1 is 1.19 bits per heavy atom. The van der Waals surface area contributed by atoms with Gasteiger partial charge in [0.15, 0.2) is 0 Å². The summed E-state index contributed by atoms with van der Waals surface area (Å²) in [4.78, 5) is 33.5. The number of imidazole rings is 1. The monoisotopic (exact) mass is 581 g/mol. The van der Waals surface area contributed by atoms with Crippen molar-refractivity contribution in [2.75, 3.05) is 11.9 Å². The number of anilines is 1. The Morgan fingerprint density at radius 2 is 2.02 bits per heavy atom. The van der Waals surface area contributed by atoms with Crippen molar-refractivity contribution < 1.29 is 19.1 Å². The Labute approximate surface area is 245 Å². The van der Waals surface area contributed by atoms with E-state index in [4.69, 9.17) is 16.6 Å². The number of halogens is 2. The van der Waals surface area contributed by atoms with Gasteiger partial charge in [0.25, 0.3) is 0 Å². The van der Waals surface area contributed by atoms with Gasteiger partial charge in [0.1, 0.15) is 17.2 Å². The Morgan fingerprint density at radius 3 is 2.79 bits per heavy atom. The van der Waals surface area contributed by atoms with E-state index in [1.807, 2.05) is 6.07 Å². The van der Waals surface area contributed by atoms with Gasteiger partial charge in [0, 0.05) is 42.2 Å². The number of carboxylic acids is 1. The molecule has 4 atom stereocenters. The van der Waals surface area contributed by atoms with Crippen molar-refractivity contribution in [3.63, 3.8) is 0 Å². The largest absolute Gasteiger partial charge is 0.478 e. The minimum Gasteiger partial charge on any atom is -0.478 e. The van der Waals surface area contributed by atoms with Crippen LogP contribution in [0.4, 0.5) is 10.1 Å². The normalized spacial score (nSPS) is 26.1. The number of hydrogen-bond donors (Lipinski definition) is 2. The molecule has 0 radical (unpaired) electrons. The van der Waals surface area contributed by atoms with Crippen molar-refractivity contribution in [2.45, 2.75) is 49.2 Å². The van der Waals surface area contributed by atoms with Crippen LogP contribution in [0.2, 0.25) is 5.02 Å². The van der Waals surface area contributed by atoms with Gasteiger partial charge in [-0.1, -0.05) is 29.8 Å². The van der Waals surface area contributed by atoms with E-state index in [2.05, 4.69) is 20.9 Å². The molecule has 0 bridgehead atoms. The summed E-state index contributed by atoms with van der Waals surface area (Å²) < 4.78 is 18.3. The van der Waals surface area contributed by atoms with Crippen LogP contribution < -0.4 is 5.32 Å². The molecule has 1 saturated heterocycles. The minimum atomic E-state index is -1.26. The molecule has 4 aliphatic rings. The molecule has 4 aromatic rings. The summed E-state index contributed by atoms with van der Waals surface area (Å²) in [5.41, 5.74) is 2.30. The molecule has 1 saturated carbocycles. The second-order valence-electron chi connectivity index (χ2n) is 11.8. The number of aromatic nitrogens is 2. The summed E-state index contributed by atoms with van der Waals surface area (Å²) in [6.07, 6.45) is 2.84. The second-order valence-corrected chi connectivity index (χ2v) is 12.2. The number of fused-ring (bicyclic) bond motifs is 7. The van der Waals surface area contributed by atoms with E-state index in [1.165, 1.54) is 6.07 Å². The standard InChI is InChI=1S/C32H25ClFN5O3/c33-21-3-1-2-19(28(21)34)27-26-25(10-11-38-24-9-7-18(30(40)41)13-23(24)36-29(26)38)39(15-16-4-5-16)32(27)20-8-6-17(14-35)12-22(20)37-31(32)42/h1-3,6-9,12-13,16,25-27H,4-5,10-11,15H2,(H,37,42)(H,40,41)/t25-,26+,27-,32+/m0/s1. The zero-order chi connectivity index (χ0) is 28.9. The van der Waals surface area contributed by atoms with E-state index in [9.17, 15) is 20.0 Å². The highest BCUT2D eigenvalue weighted by Gasteiger charge is 2.69. The van der Waals surface area contributed by atoms with Crippen molar-refractivity contribution in [2.24, 2.45) is 5.92 Å². The third-order valence-corrected chi connectivity index (χ3v) is 9.96. The fraction of sp³-hybridized carbons (Fsp3) is 0.312. The zero-order valence-corrected chi connectivity index (χ0v) is 23.1. The third-order valence-electron chi connectivity index (χ3n) is 9.67. The fourth-order valence-corrected chi connectivity index (χ4v) is 8.01. The van der Waals surface area contributed by atoms with E-state index in [0.717, 1.165) is 23.9 Å². The average Bonchev–Trinajstić information content (AvgIpc) is 3.57. The van der Waals surface area contributed by atoms with E-state index < -0.39 is 29.2 Å². The van der Waals surface area contributed by atoms with E-state index >= 15 is 4.39 Å². The molecule has 3 aromatic carbocycles. The Bertz CT molecular complexity index is 1890. The molecule has 4 heterocycles. The topological polar surface area (TPSA) is 111 Å². The predicted octanol–water partition coefficient (Wildman–Crippen LogP) is 5.61. The number of hydrogen-bond acceptors (Lipinski definition) is 5. The molecular weight excluding hydrogens is 557 g/mol. The van der Waals surface area contributed by atoms with E-state index in [-0.39, 0.29) is 22.5 Å². The molecule has 8 nitrogen and oxygen atoms in total. The van der Waals surface area contributed by atoms with Gasteiger partial charge in [-0.15, -0.1) is 0 Å². The predicted molar refractivity (Wildman–Crippen MR) is 153 cm³/mol. The summed E-state index contributed by atoms with van der Waals surface area (Å²) in [6.45, 7) is 1.30. The lowest BCUT2D eigenvalue weighted by atomic mass is 9.70. The molecule has 210 valence electrons. The van der Waals surface area contributed by atoms with Crippen molar-refractivity contribution in [3.8, 4) is 6.07 Å². The SMILES string of the molecule is N#Cc1ccc2c(c1)NC(=O)[C@]21[C@@H](c2cccc(Cl)c2F)[C@@H]2c3nc4cc(C(=O)O)ccc4n3CC[C@@H]2N1CC1CC1. The van der Waals surface area contributed by atoms with Crippen LogP contribution in [-0.4, -0.2) is 44.0 Å². The van der Waals surface area contributed by atoms with Crippen molar-refractivity contribution in [1.29, 1.82) is 5.26 Å². The lowest BCUT2D eigenvalue weighted by Gasteiger charge is -2.40. The maximum absolute atomic E-state index is 16.2. The molecule has 0 unspecified atom stereocenters. The van der Waals surface area contributed by atoms with Gasteiger partial charge in [0.05, 0.1) is 33.3 Å². The lowest BCUT2D eigenvalue weighted by molar-refractivity contribution is -0.128. The van der Waals surface area contributed by atoms with Gasteiger partial charge in [-0.25, -0.2) is 14.2 Å². The molecule has 1 amide bonds. The molecule has 8 rings (SSSR count). The number of benzene rings is 3. The maximum Gasteiger partial charge on any atom is 0.335 e. The molecular formula is C32H25ClFN5O3. The van der Waals surface area contributed by atoms with Gasteiger partial charge in [-0.2, -0.15) is 5.26 Å². The number of nitrogens with zero attached hydrogens (tertiary/aromatic N) is 4. The quantitative estimate of drug-likeness (QED) is 0.324. The van der Waals surface area contributed by atoms with Crippen LogP contribution in [0, 0.1) is 23.1 Å². The first-order valence-electron chi connectivity index (χ1n) is 14.1. The van der Waals surface area contributed by atoms with Crippen molar-refractivity contribution >= 4 is 40.2 Å². The first kappa shape index (κ1) is 25.5. The first-order chi connectivity index (χ1) is 20.3. The highest BCUT2D eigenvalue weighted by molar-refractivity contribution is 6.30. The first-order valence-corrected chi connectivity index (χ1v) is 14.5. The molecule has 10 heteroatoms. The maximum atomic E-state index is 16.2. The molecule has 2 fully saturated rings. The molecule has 2 N–H and O–H groups in total. The highest BCUT2D eigenvalue weighted by atomic mass is 35.5. The number of amides is 1. The molecule has 42 heavy (non-hydrogen) atoms. The number of aromatic carboxylic acids is 1. The molecule has 3 aliphatic heterocycles. The van der Waals surface area contributed by atoms with Gasteiger partial charge < -0.3 is 15.0 Å². The van der Waals surface area contributed by atoms with Crippen LogP contribution in [0.1, 0.15) is 64.0 Å². The van der Waals surface area contributed by atoms with Crippen LogP contribution in [0.5, 0.6) is 0 Å². The Hall–Kier alpha value is -4.26. The third kappa shape index (κ3) is 3.33. The summed E-state index contributed by atoms with van der Waals surface area (Å²) in [5.74, 6) is -1.79. The van der Waals surface area contributed by atoms with Gasteiger partial charge >= 0.3 is 5.97 Å². The van der Waals surface area contributed by atoms with Crippen LogP contribution in [0.3, 0.4) is 0 Å². The van der Waals surface area contributed by atoms with Crippen molar-refractivity contribution in [1.82, 2.24) is 14.5 Å². The van der Waals surface area contributed by atoms with Gasteiger partial charge in [-0.3, -0.25) is 9.69 Å². The highest BCUT2D eigenvalue weighted by Crippen LogP contribution is 2.64. The van der Waals surface area contributed by atoms with Gasteiger partial charge in [0.2, 0.25) is 5.91 Å². The number of rotatable bonds is 4. The van der Waals surface area contributed by atoms with E-state index in [0.29, 0.717) is 53.6 Å². The number of nitriles is 1. The zero-order valence-electron chi connectivity index (χ0n) is 22.3. The Balaban J connectivity index is 1.43. The lowest BCUT2D eigenvalue weighted by Crippen LogP contribution is -2.53. The summed E-state index contributed by atoms with van der Waals surface area (Å²) in [6, 6.07) is 17.1. The number of carboxylic acid groups (broad SMARTS) is 1. The molecule has 1 aliphatic carbocycles. The number of carbonyl (C=O) groups excluding carboxylic acids is 1. The average molecular weight is 582 g/mol. The van der Waals surface area contributed by atoms with Crippen molar-refractivity contribution in [3.05, 3.63) is 93.5 Å². The van der Waals surface area contributed by atoms with E-state index in [1.54, 1.807) is 42.5 Å². The second kappa shape index (κ2) is 8.87. The van der Waals surface area contributed by atoms with Crippen LogP contribution >= 0.6 is 11.6 Å².